The van der Waals surface area contributed by atoms with Crippen LogP contribution in [0.4, 0.5) is 5.00 Å². The minimum Gasteiger partial charge on any atom is -0.462 e. The van der Waals surface area contributed by atoms with Gasteiger partial charge in [-0.25, -0.2) is 4.79 Å². The second-order valence-corrected chi connectivity index (χ2v) is 10.4. The number of hydrogen-bond acceptors (Lipinski definition) is 8. The van der Waals surface area contributed by atoms with Crippen molar-refractivity contribution in [1.82, 2.24) is 9.38 Å². The van der Waals surface area contributed by atoms with E-state index in [1.54, 1.807) is 49.4 Å². The second kappa shape index (κ2) is 11.7. The van der Waals surface area contributed by atoms with Crippen molar-refractivity contribution < 1.29 is 19.1 Å². The van der Waals surface area contributed by atoms with Crippen LogP contribution in [0.5, 0.6) is 11.6 Å². The number of anilines is 1. The molecule has 0 atom stereocenters. The highest BCUT2D eigenvalue weighted by Crippen LogP contribution is 2.39. The Hall–Kier alpha value is -4.46. The van der Waals surface area contributed by atoms with Gasteiger partial charge >= 0.3 is 5.97 Å². The zero-order valence-electron chi connectivity index (χ0n) is 21.4. The number of carbonyl (C=O) groups excluding carboxylic acids is 2. The molecule has 3 aromatic heterocycles. The van der Waals surface area contributed by atoms with Crippen molar-refractivity contribution in [1.29, 1.82) is 5.26 Å². The quantitative estimate of drug-likeness (QED) is 0.168. The van der Waals surface area contributed by atoms with E-state index in [-0.39, 0.29) is 23.6 Å². The van der Waals surface area contributed by atoms with E-state index in [1.165, 1.54) is 21.9 Å². The summed E-state index contributed by atoms with van der Waals surface area (Å²) in [4.78, 5) is 45.1. The summed E-state index contributed by atoms with van der Waals surface area (Å²) < 4.78 is 12.4. The van der Waals surface area contributed by atoms with E-state index in [9.17, 15) is 19.6 Å². The lowest BCUT2D eigenvalue weighted by Gasteiger charge is -2.12. The third-order valence-corrected chi connectivity index (χ3v) is 7.75. The van der Waals surface area contributed by atoms with Crippen molar-refractivity contribution in [3.05, 3.63) is 91.2 Å². The minimum absolute atomic E-state index is 0.0853. The minimum atomic E-state index is -0.776. The molecule has 0 fully saturated rings. The van der Waals surface area contributed by atoms with Gasteiger partial charge in [-0.2, -0.15) is 10.2 Å². The average Bonchev–Trinajstić information content (AvgIpc) is 3.32. The molecule has 0 saturated carbocycles. The van der Waals surface area contributed by atoms with Crippen molar-refractivity contribution in [2.45, 2.75) is 32.6 Å². The van der Waals surface area contributed by atoms with Crippen molar-refractivity contribution in [2.24, 2.45) is 0 Å². The van der Waals surface area contributed by atoms with Crippen LogP contribution in [0.2, 0.25) is 5.02 Å². The third kappa shape index (κ3) is 5.47. The van der Waals surface area contributed by atoms with Gasteiger partial charge in [0.25, 0.3) is 11.5 Å². The van der Waals surface area contributed by atoms with Gasteiger partial charge in [0.15, 0.2) is 0 Å². The number of benzene rings is 1. The van der Waals surface area contributed by atoms with E-state index in [2.05, 4.69) is 10.3 Å². The van der Waals surface area contributed by atoms with Crippen LogP contribution >= 0.6 is 22.9 Å². The monoisotopic (exact) mass is 574 g/mol. The Morgan fingerprint density at radius 3 is 2.73 bits per heavy atom. The fourth-order valence-corrected chi connectivity index (χ4v) is 5.83. The molecule has 1 aliphatic rings. The SMILES string of the molecule is CCOC(=O)c1c(NC(=O)C(C#N)=Cc2c(Oc3ccc(Cl)cc3)nc3ccccn3c2=O)sc2c1CCCC2. The summed E-state index contributed by atoms with van der Waals surface area (Å²) in [5.41, 5.74) is 0.529. The van der Waals surface area contributed by atoms with Crippen LogP contribution < -0.4 is 15.6 Å². The number of amides is 1. The summed E-state index contributed by atoms with van der Waals surface area (Å²) in [7, 11) is 0. The molecule has 9 nitrogen and oxygen atoms in total. The largest absolute Gasteiger partial charge is 0.462 e. The first kappa shape index (κ1) is 27.1. The molecule has 1 aliphatic carbocycles. The first-order valence-electron chi connectivity index (χ1n) is 12.6. The molecule has 1 amide bonds. The van der Waals surface area contributed by atoms with Crippen molar-refractivity contribution >= 4 is 51.5 Å². The normalized spacial score (nSPS) is 12.9. The predicted molar refractivity (Wildman–Crippen MR) is 152 cm³/mol. The molecule has 0 radical (unpaired) electrons. The van der Waals surface area contributed by atoms with Crippen LogP contribution in [0.1, 0.15) is 46.1 Å². The average molecular weight is 575 g/mol. The van der Waals surface area contributed by atoms with Gasteiger partial charge in [0.2, 0.25) is 5.88 Å². The number of nitrogens with zero attached hydrogens (tertiary/aromatic N) is 3. The molecule has 0 unspecified atom stereocenters. The van der Waals surface area contributed by atoms with Gasteiger partial charge in [-0.05, 0) is 80.6 Å². The third-order valence-electron chi connectivity index (χ3n) is 6.29. The summed E-state index contributed by atoms with van der Waals surface area (Å²) in [6.07, 6.45) is 6.11. The maximum atomic E-state index is 13.5. The van der Waals surface area contributed by atoms with Crippen LogP contribution in [0.15, 0.2) is 59.0 Å². The topological polar surface area (TPSA) is 123 Å². The van der Waals surface area contributed by atoms with Gasteiger partial charge in [-0.15, -0.1) is 11.3 Å². The fourth-order valence-electron chi connectivity index (χ4n) is 4.43. The highest BCUT2D eigenvalue weighted by Gasteiger charge is 2.28. The second-order valence-electron chi connectivity index (χ2n) is 8.88. The van der Waals surface area contributed by atoms with Gasteiger partial charge in [-0.3, -0.25) is 14.0 Å². The molecule has 0 spiro atoms. The zero-order valence-corrected chi connectivity index (χ0v) is 23.0. The van der Waals surface area contributed by atoms with E-state index in [1.807, 2.05) is 6.07 Å². The summed E-state index contributed by atoms with van der Waals surface area (Å²) in [5.74, 6) is -1.02. The van der Waals surface area contributed by atoms with Gasteiger partial charge in [0.1, 0.15) is 33.6 Å². The number of aromatic nitrogens is 2. The van der Waals surface area contributed by atoms with Crippen molar-refractivity contribution in [2.75, 3.05) is 11.9 Å². The summed E-state index contributed by atoms with van der Waals surface area (Å²) >= 11 is 7.28. The standard InChI is InChI=1S/C29H23ClN4O5S/c1-2-38-29(37)24-20-7-3-4-8-22(20)40-27(24)33-25(35)17(16-31)15-21-26(39-19-12-10-18(30)11-13-19)32-23-9-5-6-14-34(23)28(21)36/h5-6,9-15H,2-4,7-8H2,1H3,(H,33,35). The van der Waals surface area contributed by atoms with Gasteiger partial charge in [0, 0.05) is 16.1 Å². The Morgan fingerprint density at radius 2 is 1.98 bits per heavy atom. The van der Waals surface area contributed by atoms with E-state index in [0.717, 1.165) is 35.8 Å². The number of halogens is 1. The molecule has 5 rings (SSSR count). The number of nitriles is 1. The Bertz CT molecular complexity index is 1750. The maximum Gasteiger partial charge on any atom is 0.341 e. The highest BCUT2D eigenvalue weighted by molar-refractivity contribution is 7.17. The molecule has 0 saturated heterocycles. The molecule has 3 heterocycles. The zero-order chi connectivity index (χ0) is 28.2. The maximum absolute atomic E-state index is 13.5. The number of thiophene rings is 1. The van der Waals surface area contributed by atoms with Crippen LogP contribution in [-0.4, -0.2) is 27.9 Å². The van der Waals surface area contributed by atoms with E-state index < -0.39 is 17.4 Å². The van der Waals surface area contributed by atoms with Gasteiger partial charge < -0.3 is 14.8 Å². The van der Waals surface area contributed by atoms with Crippen molar-refractivity contribution in [3.8, 4) is 17.7 Å². The van der Waals surface area contributed by atoms with Crippen LogP contribution in [-0.2, 0) is 22.4 Å². The molecule has 202 valence electrons. The number of pyridine rings is 1. The number of esters is 1. The molecular formula is C29H23ClN4O5S. The Morgan fingerprint density at radius 1 is 1.20 bits per heavy atom. The van der Waals surface area contributed by atoms with Crippen molar-refractivity contribution in [3.63, 3.8) is 0 Å². The highest BCUT2D eigenvalue weighted by atomic mass is 35.5. The molecular weight excluding hydrogens is 552 g/mol. The van der Waals surface area contributed by atoms with Crippen LogP contribution in [0.25, 0.3) is 11.7 Å². The number of aryl methyl sites for hydroxylation is 1. The number of carbonyl (C=O) groups is 2. The lowest BCUT2D eigenvalue weighted by Crippen LogP contribution is -2.20. The number of rotatable bonds is 7. The fraction of sp³-hybridized carbons (Fsp3) is 0.207. The van der Waals surface area contributed by atoms with E-state index in [4.69, 9.17) is 21.1 Å². The van der Waals surface area contributed by atoms with E-state index >= 15 is 0 Å². The molecule has 0 bridgehead atoms. The smallest absolute Gasteiger partial charge is 0.341 e. The summed E-state index contributed by atoms with van der Waals surface area (Å²) in [6.45, 7) is 1.90. The lowest BCUT2D eigenvalue weighted by molar-refractivity contribution is -0.112. The number of hydrogen-bond donors (Lipinski definition) is 1. The number of fused-ring (bicyclic) bond motifs is 2. The molecule has 11 heteroatoms. The first-order chi connectivity index (χ1) is 19.4. The number of nitrogens with one attached hydrogen (secondary N) is 1. The lowest BCUT2D eigenvalue weighted by atomic mass is 9.95. The Kier molecular flexibility index (Phi) is 7.96. The first-order valence-corrected chi connectivity index (χ1v) is 13.8. The molecule has 0 aliphatic heterocycles. The van der Waals surface area contributed by atoms with E-state index in [0.29, 0.717) is 33.4 Å². The number of ether oxygens (including phenoxy) is 2. The van der Waals surface area contributed by atoms with Gasteiger partial charge in [-0.1, -0.05) is 17.7 Å². The Balaban J connectivity index is 1.55. The predicted octanol–water partition coefficient (Wildman–Crippen LogP) is 5.80. The van der Waals surface area contributed by atoms with Crippen LogP contribution in [0.3, 0.4) is 0 Å². The van der Waals surface area contributed by atoms with Gasteiger partial charge in [0.05, 0.1) is 12.2 Å². The molecule has 1 aromatic carbocycles. The summed E-state index contributed by atoms with van der Waals surface area (Å²) in [5, 5.41) is 13.5. The summed E-state index contributed by atoms with van der Waals surface area (Å²) in [6, 6.07) is 13.3. The molecule has 40 heavy (non-hydrogen) atoms. The Labute approximate surface area is 238 Å². The molecule has 1 N–H and O–H groups in total. The molecule has 4 aromatic rings. The van der Waals surface area contributed by atoms with Crippen LogP contribution in [0, 0.1) is 11.3 Å².